The summed E-state index contributed by atoms with van der Waals surface area (Å²) in [7, 11) is 0. The molecular formula is C20H27N7O. The van der Waals surface area contributed by atoms with Gasteiger partial charge in [-0.15, -0.1) is 0 Å². The SMILES string of the molecule is C=Cc1nn(C(N)=CC=N)c2nc(NCCOCCC)cc(C(C)(C)C#N)c12. The topological polar surface area (TPSA) is 126 Å². The largest absolute Gasteiger partial charge is 0.384 e. The Labute approximate surface area is 165 Å². The first kappa shape index (κ1) is 21.1. The van der Waals surface area contributed by atoms with Gasteiger partial charge in [-0.3, -0.25) is 0 Å². The zero-order valence-electron chi connectivity index (χ0n) is 16.6. The van der Waals surface area contributed by atoms with Gasteiger partial charge in [0.15, 0.2) is 5.65 Å². The predicted octanol–water partition coefficient (Wildman–Crippen LogP) is 3.12. The van der Waals surface area contributed by atoms with Crippen LogP contribution in [-0.2, 0) is 10.2 Å². The van der Waals surface area contributed by atoms with Crippen molar-refractivity contribution in [2.75, 3.05) is 25.1 Å². The summed E-state index contributed by atoms with van der Waals surface area (Å²) in [6, 6.07) is 4.20. The van der Waals surface area contributed by atoms with Crippen molar-refractivity contribution >= 4 is 35.0 Å². The molecule has 0 saturated heterocycles. The molecule has 4 N–H and O–H groups in total. The third-order valence-corrected chi connectivity index (χ3v) is 4.21. The molecule has 8 heteroatoms. The second-order valence-electron chi connectivity index (χ2n) is 6.79. The molecule has 8 nitrogen and oxygen atoms in total. The number of hydrogen-bond acceptors (Lipinski definition) is 7. The molecule has 0 aliphatic carbocycles. The minimum absolute atomic E-state index is 0.254. The Balaban J connectivity index is 2.62. The average Bonchev–Trinajstić information content (AvgIpc) is 3.06. The van der Waals surface area contributed by atoms with Gasteiger partial charge in [0.05, 0.1) is 29.2 Å². The van der Waals surface area contributed by atoms with E-state index in [1.807, 2.05) is 19.9 Å². The van der Waals surface area contributed by atoms with Gasteiger partial charge in [-0.25, -0.2) is 4.98 Å². The van der Waals surface area contributed by atoms with E-state index < -0.39 is 5.41 Å². The first-order chi connectivity index (χ1) is 13.4. The Kier molecular flexibility index (Phi) is 6.90. The Bertz CT molecular complexity index is 934. The number of anilines is 1. The predicted molar refractivity (Wildman–Crippen MR) is 113 cm³/mol. The van der Waals surface area contributed by atoms with Crippen LogP contribution in [0, 0.1) is 16.7 Å². The van der Waals surface area contributed by atoms with E-state index in [0.29, 0.717) is 36.9 Å². The lowest BCUT2D eigenvalue weighted by atomic mass is 9.84. The van der Waals surface area contributed by atoms with Crippen molar-refractivity contribution in [1.29, 1.82) is 10.7 Å². The number of rotatable bonds is 10. The number of nitriles is 1. The third kappa shape index (κ3) is 4.38. The highest BCUT2D eigenvalue weighted by atomic mass is 16.5. The summed E-state index contributed by atoms with van der Waals surface area (Å²) in [6.45, 7) is 11.4. The van der Waals surface area contributed by atoms with Crippen LogP contribution in [0.15, 0.2) is 18.7 Å². The van der Waals surface area contributed by atoms with Crippen molar-refractivity contribution in [3.63, 3.8) is 0 Å². The van der Waals surface area contributed by atoms with Crippen LogP contribution in [0.25, 0.3) is 22.9 Å². The first-order valence-corrected chi connectivity index (χ1v) is 9.15. The number of nitrogens with two attached hydrogens (primary N) is 1. The van der Waals surface area contributed by atoms with Crippen LogP contribution in [0.5, 0.6) is 0 Å². The Morgan fingerprint density at radius 1 is 1.50 bits per heavy atom. The molecule has 0 fully saturated rings. The molecule has 0 aromatic carbocycles. The van der Waals surface area contributed by atoms with Crippen LogP contribution in [0.4, 0.5) is 5.82 Å². The molecule has 0 unspecified atom stereocenters. The van der Waals surface area contributed by atoms with Gasteiger partial charge in [-0.1, -0.05) is 13.5 Å². The standard InChI is InChI=1S/C20H27N7O/c1-5-10-28-11-9-24-17-12-14(20(3,4)13-22)18-15(6-2)26-27(19(18)25-17)16(23)7-8-21/h6-8,12,21H,2,5,9-11,23H2,1,3-4H3,(H,24,25). The van der Waals surface area contributed by atoms with Crippen molar-refractivity contribution in [3.8, 4) is 6.07 Å². The number of pyridine rings is 1. The monoisotopic (exact) mass is 381 g/mol. The summed E-state index contributed by atoms with van der Waals surface area (Å²) < 4.78 is 6.96. The number of ether oxygens (including phenoxy) is 1. The van der Waals surface area contributed by atoms with Gasteiger partial charge in [-0.05, 0) is 44.1 Å². The highest BCUT2D eigenvalue weighted by Gasteiger charge is 2.27. The van der Waals surface area contributed by atoms with Gasteiger partial charge >= 0.3 is 0 Å². The maximum atomic E-state index is 9.71. The minimum Gasteiger partial charge on any atom is -0.384 e. The third-order valence-electron chi connectivity index (χ3n) is 4.21. The minimum atomic E-state index is -0.776. The fourth-order valence-electron chi connectivity index (χ4n) is 2.76. The second kappa shape index (κ2) is 9.15. The quantitative estimate of drug-likeness (QED) is 0.429. The molecule has 0 aliphatic heterocycles. The highest BCUT2D eigenvalue weighted by molar-refractivity contribution is 5.92. The van der Waals surface area contributed by atoms with Gasteiger partial charge in [-0.2, -0.15) is 15.0 Å². The fourth-order valence-corrected chi connectivity index (χ4v) is 2.76. The van der Waals surface area contributed by atoms with E-state index in [1.165, 1.54) is 10.8 Å². The van der Waals surface area contributed by atoms with E-state index in [-0.39, 0.29) is 5.82 Å². The molecule has 2 heterocycles. The molecule has 0 spiro atoms. The number of fused-ring (bicyclic) bond motifs is 1. The van der Waals surface area contributed by atoms with Crippen LogP contribution < -0.4 is 11.1 Å². The van der Waals surface area contributed by atoms with Gasteiger partial charge in [0.25, 0.3) is 0 Å². The number of allylic oxidation sites excluding steroid dienone is 1. The molecule has 0 atom stereocenters. The number of aromatic nitrogens is 3. The lowest BCUT2D eigenvalue weighted by Gasteiger charge is -2.19. The average molecular weight is 381 g/mol. The van der Waals surface area contributed by atoms with E-state index in [2.05, 4.69) is 35.0 Å². The summed E-state index contributed by atoms with van der Waals surface area (Å²) in [4.78, 5) is 4.65. The van der Waals surface area contributed by atoms with E-state index in [0.717, 1.165) is 23.6 Å². The molecular weight excluding hydrogens is 354 g/mol. The van der Waals surface area contributed by atoms with Crippen LogP contribution >= 0.6 is 0 Å². The van der Waals surface area contributed by atoms with Crippen LogP contribution in [0.2, 0.25) is 0 Å². The molecule has 0 radical (unpaired) electrons. The molecule has 0 saturated carbocycles. The molecule has 0 aliphatic rings. The lowest BCUT2D eigenvalue weighted by Crippen LogP contribution is -2.17. The summed E-state index contributed by atoms with van der Waals surface area (Å²) in [5.41, 5.74) is 7.16. The summed E-state index contributed by atoms with van der Waals surface area (Å²) in [5, 5.41) is 25.4. The van der Waals surface area contributed by atoms with Crippen molar-refractivity contribution in [1.82, 2.24) is 14.8 Å². The summed E-state index contributed by atoms with van der Waals surface area (Å²) in [6.07, 6.45) is 5.09. The summed E-state index contributed by atoms with van der Waals surface area (Å²) >= 11 is 0. The molecule has 2 rings (SSSR count). The molecule has 0 bridgehead atoms. The van der Waals surface area contributed by atoms with Gasteiger partial charge in [0.2, 0.25) is 0 Å². The zero-order chi connectivity index (χ0) is 20.7. The number of nitrogens with zero attached hydrogens (tertiary/aromatic N) is 4. The fraction of sp³-hybridized carbons (Fsp3) is 0.400. The van der Waals surface area contributed by atoms with Gasteiger partial charge in [0.1, 0.15) is 11.6 Å². The highest BCUT2D eigenvalue weighted by Crippen LogP contribution is 2.34. The van der Waals surface area contributed by atoms with Crippen molar-refractivity contribution in [2.24, 2.45) is 5.73 Å². The van der Waals surface area contributed by atoms with Gasteiger partial charge in [0, 0.05) is 19.4 Å². The van der Waals surface area contributed by atoms with E-state index >= 15 is 0 Å². The molecule has 2 aromatic heterocycles. The van der Waals surface area contributed by atoms with Crippen molar-refractivity contribution < 1.29 is 4.74 Å². The van der Waals surface area contributed by atoms with Crippen molar-refractivity contribution in [3.05, 3.63) is 30.0 Å². The lowest BCUT2D eigenvalue weighted by molar-refractivity contribution is 0.144. The molecule has 28 heavy (non-hydrogen) atoms. The molecule has 148 valence electrons. The summed E-state index contributed by atoms with van der Waals surface area (Å²) in [5.74, 6) is 0.857. The maximum absolute atomic E-state index is 9.71. The van der Waals surface area contributed by atoms with E-state index in [4.69, 9.17) is 15.9 Å². The maximum Gasteiger partial charge on any atom is 0.167 e. The molecule has 0 amide bonds. The number of hydrogen-bond donors (Lipinski definition) is 3. The Morgan fingerprint density at radius 2 is 2.25 bits per heavy atom. The first-order valence-electron chi connectivity index (χ1n) is 9.15. The van der Waals surface area contributed by atoms with E-state index in [9.17, 15) is 5.26 Å². The van der Waals surface area contributed by atoms with Gasteiger partial charge < -0.3 is 21.2 Å². The zero-order valence-corrected chi connectivity index (χ0v) is 16.6. The van der Waals surface area contributed by atoms with Crippen LogP contribution in [0.3, 0.4) is 0 Å². The van der Waals surface area contributed by atoms with Crippen molar-refractivity contribution in [2.45, 2.75) is 32.6 Å². The smallest absolute Gasteiger partial charge is 0.167 e. The Hall–Kier alpha value is -3.18. The van der Waals surface area contributed by atoms with Crippen LogP contribution in [-0.4, -0.2) is 40.7 Å². The van der Waals surface area contributed by atoms with E-state index in [1.54, 1.807) is 6.08 Å². The second-order valence-corrected chi connectivity index (χ2v) is 6.79. The Morgan fingerprint density at radius 3 is 2.86 bits per heavy atom. The molecule has 2 aromatic rings. The van der Waals surface area contributed by atoms with Crippen LogP contribution in [0.1, 0.15) is 38.4 Å². The normalized spacial score (nSPS) is 12.0. The number of nitrogens with one attached hydrogen (secondary N) is 2.